The maximum Gasteiger partial charge on any atom is 0.229 e. The molecule has 0 unspecified atom stereocenters. The maximum absolute atomic E-state index is 4.65. The summed E-state index contributed by atoms with van der Waals surface area (Å²) in [6, 6.07) is 8.39. The van der Waals surface area contributed by atoms with E-state index in [9.17, 15) is 0 Å². The molecule has 0 amide bonds. The summed E-state index contributed by atoms with van der Waals surface area (Å²) in [5.41, 5.74) is 3.53. The summed E-state index contributed by atoms with van der Waals surface area (Å²) in [6.45, 7) is 6.40. The Morgan fingerprint density at radius 3 is 2.43 bits per heavy atom. The van der Waals surface area contributed by atoms with Crippen molar-refractivity contribution in [1.29, 1.82) is 0 Å². The van der Waals surface area contributed by atoms with E-state index in [1.165, 1.54) is 30.4 Å². The highest BCUT2D eigenvalue weighted by molar-refractivity contribution is 5.57. The Morgan fingerprint density at radius 2 is 1.71 bits per heavy atom. The van der Waals surface area contributed by atoms with Gasteiger partial charge in [-0.2, -0.15) is 4.98 Å². The minimum Gasteiger partial charge on any atom is -0.356 e. The average Bonchev–Trinajstić information content (AvgIpc) is 2.47. The molecule has 4 heteroatoms. The van der Waals surface area contributed by atoms with Crippen molar-refractivity contribution in [3.05, 3.63) is 41.6 Å². The van der Waals surface area contributed by atoms with E-state index in [0.29, 0.717) is 5.95 Å². The summed E-state index contributed by atoms with van der Waals surface area (Å²) in [6.07, 6.45) is 5.67. The normalized spacial score (nSPS) is 15.0. The minimum atomic E-state index is 0.670. The second-order valence-corrected chi connectivity index (χ2v) is 5.79. The van der Waals surface area contributed by atoms with Gasteiger partial charge >= 0.3 is 0 Å². The van der Waals surface area contributed by atoms with E-state index in [4.69, 9.17) is 0 Å². The molecular weight excluding hydrogens is 260 g/mol. The molecule has 110 valence electrons. The molecule has 0 aliphatic carbocycles. The fraction of sp³-hybridized carbons (Fsp3) is 0.412. The molecule has 0 bridgehead atoms. The van der Waals surface area contributed by atoms with Crippen LogP contribution in [0.1, 0.15) is 30.4 Å². The lowest BCUT2D eigenvalue weighted by Crippen LogP contribution is -2.30. The van der Waals surface area contributed by atoms with Crippen LogP contribution in [0.2, 0.25) is 0 Å². The van der Waals surface area contributed by atoms with Crippen LogP contribution in [0.5, 0.6) is 0 Å². The number of nitrogens with one attached hydrogen (secondary N) is 1. The van der Waals surface area contributed by atoms with Gasteiger partial charge in [0, 0.05) is 25.0 Å². The number of aryl methyl sites for hydroxylation is 2. The Balaban J connectivity index is 1.79. The second-order valence-electron chi connectivity index (χ2n) is 5.79. The Bertz CT molecular complexity index is 598. The molecule has 21 heavy (non-hydrogen) atoms. The first-order valence-corrected chi connectivity index (χ1v) is 7.64. The summed E-state index contributed by atoms with van der Waals surface area (Å²) in [7, 11) is 0. The summed E-state index contributed by atoms with van der Waals surface area (Å²) >= 11 is 0. The molecule has 2 aromatic rings. The predicted octanol–water partition coefficient (Wildman–Crippen LogP) is 3.83. The van der Waals surface area contributed by atoms with Crippen molar-refractivity contribution in [2.24, 2.45) is 0 Å². The fourth-order valence-corrected chi connectivity index (χ4v) is 2.88. The van der Waals surface area contributed by atoms with Gasteiger partial charge in [0.1, 0.15) is 5.82 Å². The molecule has 2 heterocycles. The Labute approximate surface area is 126 Å². The van der Waals surface area contributed by atoms with Gasteiger partial charge in [0.2, 0.25) is 5.95 Å². The smallest absolute Gasteiger partial charge is 0.229 e. The highest BCUT2D eigenvalue weighted by atomic mass is 15.2. The van der Waals surface area contributed by atoms with Crippen LogP contribution in [0.15, 0.2) is 30.5 Å². The number of piperidine rings is 1. The zero-order valence-electron chi connectivity index (χ0n) is 12.8. The third kappa shape index (κ3) is 3.51. The van der Waals surface area contributed by atoms with Crippen molar-refractivity contribution in [2.75, 3.05) is 23.3 Å². The molecule has 0 saturated carbocycles. The monoisotopic (exact) mass is 282 g/mol. The predicted molar refractivity (Wildman–Crippen MR) is 87.3 cm³/mol. The molecular formula is C17H22N4. The first kappa shape index (κ1) is 13.9. The second kappa shape index (κ2) is 6.12. The van der Waals surface area contributed by atoms with Crippen LogP contribution in [-0.2, 0) is 0 Å². The first-order valence-electron chi connectivity index (χ1n) is 7.64. The van der Waals surface area contributed by atoms with Crippen LogP contribution in [0.25, 0.3) is 0 Å². The summed E-state index contributed by atoms with van der Waals surface area (Å²) in [5, 5.41) is 3.32. The lowest BCUT2D eigenvalue weighted by Gasteiger charge is -2.27. The van der Waals surface area contributed by atoms with Crippen LogP contribution in [0.4, 0.5) is 17.5 Å². The van der Waals surface area contributed by atoms with Gasteiger partial charge in [-0.3, -0.25) is 0 Å². The molecule has 0 atom stereocenters. The fourth-order valence-electron chi connectivity index (χ4n) is 2.88. The molecule has 1 N–H and O–H groups in total. The van der Waals surface area contributed by atoms with Crippen LogP contribution >= 0.6 is 0 Å². The van der Waals surface area contributed by atoms with Gasteiger partial charge in [-0.1, -0.05) is 6.07 Å². The molecule has 1 aromatic heterocycles. The number of nitrogens with zero attached hydrogens (tertiary/aromatic N) is 3. The van der Waals surface area contributed by atoms with E-state index in [2.05, 4.69) is 52.2 Å². The highest BCUT2D eigenvalue weighted by Gasteiger charge is 2.12. The molecule has 0 radical (unpaired) electrons. The van der Waals surface area contributed by atoms with E-state index < -0.39 is 0 Å². The van der Waals surface area contributed by atoms with Gasteiger partial charge in [0.05, 0.1) is 0 Å². The summed E-state index contributed by atoms with van der Waals surface area (Å²) < 4.78 is 0. The largest absolute Gasteiger partial charge is 0.356 e. The van der Waals surface area contributed by atoms with Gasteiger partial charge in [0.25, 0.3) is 0 Å². The summed E-state index contributed by atoms with van der Waals surface area (Å²) in [5.74, 6) is 1.69. The van der Waals surface area contributed by atoms with E-state index in [1.54, 1.807) is 0 Å². The van der Waals surface area contributed by atoms with Crippen molar-refractivity contribution < 1.29 is 0 Å². The first-order chi connectivity index (χ1) is 10.2. The van der Waals surface area contributed by atoms with Crippen molar-refractivity contribution in [1.82, 2.24) is 9.97 Å². The van der Waals surface area contributed by atoms with Gasteiger partial charge in [-0.15, -0.1) is 0 Å². The van der Waals surface area contributed by atoms with Crippen LogP contribution in [0, 0.1) is 13.8 Å². The van der Waals surface area contributed by atoms with Crippen molar-refractivity contribution in [2.45, 2.75) is 33.1 Å². The summed E-state index contributed by atoms with van der Waals surface area (Å²) in [4.78, 5) is 11.3. The molecule has 3 rings (SSSR count). The van der Waals surface area contributed by atoms with Crippen molar-refractivity contribution >= 4 is 17.5 Å². The molecule has 0 spiro atoms. The van der Waals surface area contributed by atoms with Gasteiger partial charge in [0.15, 0.2) is 0 Å². The Kier molecular flexibility index (Phi) is 4.04. The van der Waals surface area contributed by atoms with E-state index in [1.807, 2.05) is 12.3 Å². The maximum atomic E-state index is 4.65. The number of aromatic nitrogens is 2. The lowest BCUT2D eigenvalue weighted by atomic mass is 10.1. The number of rotatable bonds is 3. The third-order valence-electron chi connectivity index (χ3n) is 3.80. The van der Waals surface area contributed by atoms with Crippen LogP contribution < -0.4 is 10.2 Å². The quantitative estimate of drug-likeness (QED) is 0.929. The lowest BCUT2D eigenvalue weighted by molar-refractivity contribution is 0.573. The van der Waals surface area contributed by atoms with Crippen molar-refractivity contribution in [3.63, 3.8) is 0 Å². The van der Waals surface area contributed by atoms with Gasteiger partial charge in [-0.05, 0) is 62.4 Å². The van der Waals surface area contributed by atoms with E-state index in [0.717, 1.165) is 24.6 Å². The number of benzene rings is 1. The third-order valence-corrected chi connectivity index (χ3v) is 3.80. The zero-order valence-corrected chi connectivity index (χ0v) is 12.8. The minimum absolute atomic E-state index is 0.670. The van der Waals surface area contributed by atoms with Crippen molar-refractivity contribution in [3.8, 4) is 0 Å². The van der Waals surface area contributed by atoms with E-state index in [-0.39, 0.29) is 0 Å². The SMILES string of the molecule is Cc1cc(C)cc(Nc2nccc(N3CCCCC3)n2)c1. The van der Waals surface area contributed by atoms with Gasteiger partial charge in [-0.25, -0.2) is 4.98 Å². The average molecular weight is 282 g/mol. The molecule has 4 nitrogen and oxygen atoms in total. The topological polar surface area (TPSA) is 41.1 Å². The molecule has 1 saturated heterocycles. The Morgan fingerprint density at radius 1 is 1.00 bits per heavy atom. The molecule has 1 aliphatic rings. The number of hydrogen-bond donors (Lipinski definition) is 1. The zero-order chi connectivity index (χ0) is 14.7. The highest BCUT2D eigenvalue weighted by Crippen LogP contribution is 2.21. The van der Waals surface area contributed by atoms with Crippen LogP contribution in [-0.4, -0.2) is 23.1 Å². The van der Waals surface area contributed by atoms with Gasteiger partial charge < -0.3 is 10.2 Å². The number of hydrogen-bond acceptors (Lipinski definition) is 4. The standard InChI is InChI=1S/C17H22N4/c1-13-10-14(2)12-15(11-13)19-17-18-7-6-16(20-17)21-8-4-3-5-9-21/h6-7,10-12H,3-5,8-9H2,1-2H3,(H,18,19,20). The van der Waals surface area contributed by atoms with Crippen LogP contribution in [0.3, 0.4) is 0 Å². The van der Waals surface area contributed by atoms with E-state index >= 15 is 0 Å². The number of anilines is 3. The Hall–Kier alpha value is -2.10. The molecule has 1 aromatic carbocycles. The molecule has 1 aliphatic heterocycles. The molecule has 1 fully saturated rings.